The molecule has 0 fully saturated rings. The van der Waals surface area contributed by atoms with E-state index in [-0.39, 0.29) is 0 Å². The van der Waals surface area contributed by atoms with Crippen LogP contribution in [0.5, 0.6) is 0 Å². The van der Waals surface area contributed by atoms with E-state index in [1.165, 1.54) is 6.07 Å². The van der Waals surface area contributed by atoms with Gasteiger partial charge in [0.05, 0.1) is 5.56 Å². The molecule has 0 aliphatic heterocycles. The van der Waals surface area contributed by atoms with Crippen LogP contribution >= 0.6 is 0 Å². The van der Waals surface area contributed by atoms with Gasteiger partial charge in [0.1, 0.15) is 0 Å². The maximum Gasteiger partial charge on any atom is 0.416 e. The van der Waals surface area contributed by atoms with Crippen molar-refractivity contribution in [3.8, 4) is 0 Å². The van der Waals surface area contributed by atoms with E-state index in [1.54, 1.807) is 32.1 Å². The third kappa shape index (κ3) is 4.06. The summed E-state index contributed by atoms with van der Waals surface area (Å²) in [4.78, 5) is 0. The summed E-state index contributed by atoms with van der Waals surface area (Å²) in [7, 11) is 0. The lowest BCUT2D eigenvalue weighted by molar-refractivity contribution is -0.137. The van der Waals surface area contributed by atoms with E-state index >= 15 is 0 Å². The van der Waals surface area contributed by atoms with Crippen LogP contribution in [0.2, 0.25) is 0 Å². The molecule has 2 N–H and O–H groups in total. The lowest BCUT2D eigenvalue weighted by Gasteiger charge is -2.12. The summed E-state index contributed by atoms with van der Waals surface area (Å²) in [5, 5.41) is 0. The maximum atomic E-state index is 12.4. The van der Waals surface area contributed by atoms with Gasteiger partial charge in [-0.2, -0.15) is 13.2 Å². The first-order chi connectivity index (χ1) is 7.18. The van der Waals surface area contributed by atoms with Gasteiger partial charge in [-0.05, 0) is 31.5 Å². The minimum Gasteiger partial charge on any atom is -0.322 e. The Hall–Kier alpha value is -1.29. The second kappa shape index (κ2) is 4.29. The van der Waals surface area contributed by atoms with Crippen LogP contribution in [-0.4, -0.2) is 5.54 Å². The van der Waals surface area contributed by atoms with Gasteiger partial charge in [0.2, 0.25) is 0 Å². The summed E-state index contributed by atoms with van der Waals surface area (Å²) in [6.07, 6.45) is -1.04. The van der Waals surface area contributed by atoms with Crippen molar-refractivity contribution in [1.29, 1.82) is 0 Å². The number of halogens is 3. The molecule has 1 aromatic carbocycles. The average molecular weight is 229 g/mol. The van der Waals surface area contributed by atoms with Crippen LogP contribution in [0.1, 0.15) is 25.0 Å². The minimum atomic E-state index is -4.30. The van der Waals surface area contributed by atoms with Crippen molar-refractivity contribution in [2.24, 2.45) is 5.73 Å². The molecule has 0 saturated carbocycles. The predicted octanol–water partition coefficient (Wildman–Crippen LogP) is 3.46. The Morgan fingerprint density at radius 3 is 2.31 bits per heavy atom. The van der Waals surface area contributed by atoms with Crippen LogP contribution < -0.4 is 5.73 Å². The summed E-state index contributed by atoms with van der Waals surface area (Å²) in [6.45, 7) is 3.55. The molecule has 0 radical (unpaired) electrons. The van der Waals surface area contributed by atoms with Gasteiger partial charge in [-0.25, -0.2) is 0 Å². The zero-order valence-corrected chi connectivity index (χ0v) is 9.18. The van der Waals surface area contributed by atoms with Gasteiger partial charge in [-0.15, -0.1) is 0 Å². The van der Waals surface area contributed by atoms with E-state index in [0.29, 0.717) is 5.56 Å². The van der Waals surface area contributed by atoms with E-state index in [9.17, 15) is 13.2 Å². The first kappa shape index (κ1) is 12.8. The van der Waals surface area contributed by atoms with Crippen molar-refractivity contribution in [3.05, 3.63) is 41.5 Å². The van der Waals surface area contributed by atoms with Gasteiger partial charge in [0.15, 0.2) is 0 Å². The zero-order chi connectivity index (χ0) is 12.4. The molecule has 0 saturated heterocycles. The van der Waals surface area contributed by atoms with E-state index < -0.39 is 17.3 Å². The largest absolute Gasteiger partial charge is 0.416 e. The summed E-state index contributed by atoms with van der Waals surface area (Å²) in [6, 6.07) is 5.14. The molecule has 0 aliphatic rings. The molecule has 0 unspecified atom stereocenters. The van der Waals surface area contributed by atoms with Gasteiger partial charge < -0.3 is 5.73 Å². The highest BCUT2D eigenvalue weighted by atomic mass is 19.4. The van der Waals surface area contributed by atoms with Crippen LogP contribution in [0.4, 0.5) is 13.2 Å². The smallest absolute Gasteiger partial charge is 0.322 e. The Balaban J connectivity index is 2.96. The molecule has 1 aromatic rings. The monoisotopic (exact) mass is 229 g/mol. The van der Waals surface area contributed by atoms with Crippen LogP contribution in [0.3, 0.4) is 0 Å². The number of benzene rings is 1. The Bertz CT molecular complexity index is 386. The highest BCUT2D eigenvalue weighted by Crippen LogP contribution is 2.29. The van der Waals surface area contributed by atoms with Gasteiger partial charge in [0, 0.05) is 5.54 Å². The fraction of sp³-hybridized carbons (Fsp3) is 0.333. The number of rotatable bonds is 2. The average Bonchev–Trinajstić information content (AvgIpc) is 2.13. The predicted molar refractivity (Wildman–Crippen MR) is 58.7 cm³/mol. The lowest BCUT2D eigenvalue weighted by Crippen LogP contribution is -2.28. The molecule has 0 amide bonds. The molecule has 0 aliphatic carbocycles. The van der Waals surface area contributed by atoms with Gasteiger partial charge >= 0.3 is 6.18 Å². The molecule has 88 valence electrons. The van der Waals surface area contributed by atoms with Gasteiger partial charge in [-0.1, -0.05) is 24.3 Å². The molecule has 1 nitrogen and oxygen atoms in total. The molecule has 0 bridgehead atoms. The highest BCUT2D eigenvalue weighted by molar-refractivity contribution is 5.52. The third-order valence-corrected chi connectivity index (χ3v) is 1.92. The standard InChI is InChI=1S/C12H14F3N/c1-11(2,16)7-6-9-4-3-5-10(8-9)12(13,14)15/h3-8H,16H2,1-2H3. The van der Waals surface area contributed by atoms with Crippen LogP contribution in [0.15, 0.2) is 30.3 Å². The number of nitrogens with two attached hydrogens (primary N) is 1. The molecule has 0 heterocycles. The Kier molecular flexibility index (Phi) is 3.43. The fourth-order valence-electron chi connectivity index (χ4n) is 1.13. The minimum absolute atomic E-state index is 0.494. The molecular weight excluding hydrogens is 215 g/mol. The number of hydrogen-bond acceptors (Lipinski definition) is 1. The van der Waals surface area contributed by atoms with Crippen molar-refractivity contribution in [3.63, 3.8) is 0 Å². The first-order valence-electron chi connectivity index (χ1n) is 4.84. The normalized spacial score (nSPS) is 13.4. The van der Waals surface area contributed by atoms with Gasteiger partial charge in [0.25, 0.3) is 0 Å². The van der Waals surface area contributed by atoms with Crippen molar-refractivity contribution >= 4 is 6.08 Å². The summed E-state index contributed by atoms with van der Waals surface area (Å²) in [5.74, 6) is 0. The quantitative estimate of drug-likeness (QED) is 0.825. The van der Waals surface area contributed by atoms with Crippen molar-refractivity contribution in [1.82, 2.24) is 0 Å². The van der Waals surface area contributed by atoms with Crippen LogP contribution in [0.25, 0.3) is 6.08 Å². The lowest BCUT2D eigenvalue weighted by atomic mass is 10.0. The zero-order valence-electron chi connectivity index (χ0n) is 9.18. The van der Waals surface area contributed by atoms with Crippen LogP contribution in [0, 0.1) is 0 Å². The van der Waals surface area contributed by atoms with E-state index in [1.807, 2.05) is 0 Å². The van der Waals surface area contributed by atoms with E-state index in [2.05, 4.69) is 0 Å². The third-order valence-electron chi connectivity index (χ3n) is 1.92. The SMILES string of the molecule is CC(C)(N)C=Cc1cccc(C(F)(F)F)c1. The molecule has 4 heteroatoms. The summed E-state index contributed by atoms with van der Waals surface area (Å²) in [5.41, 5.74) is 5.01. The van der Waals surface area contributed by atoms with E-state index in [4.69, 9.17) is 5.73 Å². The topological polar surface area (TPSA) is 26.0 Å². The van der Waals surface area contributed by atoms with Crippen molar-refractivity contribution in [2.45, 2.75) is 25.6 Å². The van der Waals surface area contributed by atoms with Crippen molar-refractivity contribution in [2.75, 3.05) is 0 Å². The van der Waals surface area contributed by atoms with Gasteiger partial charge in [-0.3, -0.25) is 0 Å². The Morgan fingerprint density at radius 1 is 1.19 bits per heavy atom. The van der Waals surface area contributed by atoms with Crippen LogP contribution in [-0.2, 0) is 6.18 Å². The molecule has 1 rings (SSSR count). The van der Waals surface area contributed by atoms with E-state index in [0.717, 1.165) is 12.1 Å². The molecule has 0 spiro atoms. The first-order valence-corrected chi connectivity index (χ1v) is 4.84. The molecule has 16 heavy (non-hydrogen) atoms. The Labute approximate surface area is 92.8 Å². The Morgan fingerprint density at radius 2 is 1.81 bits per heavy atom. The maximum absolute atomic E-state index is 12.4. The molecular formula is C12H14F3N. The fourth-order valence-corrected chi connectivity index (χ4v) is 1.13. The number of hydrogen-bond donors (Lipinski definition) is 1. The molecule has 0 atom stereocenters. The second-order valence-electron chi connectivity index (χ2n) is 4.28. The van der Waals surface area contributed by atoms with Crippen molar-refractivity contribution < 1.29 is 13.2 Å². The summed E-state index contributed by atoms with van der Waals surface area (Å²) < 4.78 is 37.2. The summed E-state index contributed by atoms with van der Waals surface area (Å²) >= 11 is 0. The second-order valence-corrected chi connectivity index (χ2v) is 4.28. The number of alkyl halides is 3. The highest BCUT2D eigenvalue weighted by Gasteiger charge is 2.30. The molecule has 0 aromatic heterocycles.